The summed E-state index contributed by atoms with van der Waals surface area (Å²) in [5, 5.41) is 0. The highest BCUT2D eigenvalue weighted by atomic mass is 15.3. The van der Waals surface area contributed by atoms with E-state index in [0.717, 1.165) is 18.0 Å². The highest BCUT2D eigenvalue weighted by Gasteiger charge is 2.37. The average Bonchev–Trinajstić information content (AvgIpc) is 2.59. The lowest BCUT2D eigenvalue weighted by molar-refractivity contribution is 0.0218. The fraction of sp³-hybridized carbons (Fsp3) is 1.00. The molecule has 0 radical (unpaired) electrons. The molecule has 0 aromatic heterocycles. The zero-order valence-corrected chi connectivity index (χ0v) is 9.28. The summed E-state index contributed by atoms with van der Waals surface area (Å²) in [5.74, 6) is 1.00. The molecule has 0 N–H and O–H groups in total. The van der Waals surface area contributed by atoms with Gasteiger partial charge in [-0.2, -0.15) is 0 Å². The quantitative estimate of drug-likeness (QED) is 0.625. The van der Waals surface area contributed by atoms with Crippen LogP contribution in [0.15, 0.2) is 0 Å². The summed E-state index contributed by atoms with van der Waals surface area (Å²) in [6.07, 6.45) is 5.83. The Bertz CT molecular complexity index is 210. The molecule has 14 heavy (non-hydrogen) atoms. The van der Waals surface area contributed by atoms with Crippen LogP contribution in [0.3, 0.4) is 0 Å². The van der Waals surface area contributed by atoms with Gasteiger partial charge < -0.3 is 0 Å². The highest BCUT2D eigenvalue weighted by molar-refractivity contribution is 4.93. The molecule has 2 aliphatic heterocycles. The van der Waals surface area contributed by atoms with E-state index < -0.39 is 0 Å². The average molecular weight is 194 g/mol. The van der Waals surface area contributed by atoms with Crippen LogP contribution in [0.1, 0.15) is 32.6 Å². The molecule has 2 saturated heterocycles. The van der Waals surface area contributed by atoms with E-state index in [1.807, 2.05) is 0 Å². The minimum absolute atomic E-state index is 0.916. The molecular formula is C12H22N2. The largest absolute Gasteiger partial charge is 0.298 e. The van der Waals surface area contributed by atoms with Crippen LogP contribution < -0.4 is 0 Å². The normalized spacial score (nSPS) is 44.8. The van der Waals surface area contributed by atoms with Crippen LogP contribution in [0.2, 0.25) is 0 Å². The van der Waals surface area contributed by atoms with E-state index in [2.05, 4.69) is 16.7 Å². The van der Waals surface area contributed by atoms with Gasteiger partial charge in [-0.1, -0.05) is 6.92 Å². The van der Waals surface area contributed by atoms with Gasteiger partial charge in [0.1, 0.15) is 0 Å². The molecule has 1 atom stereocenters. The third kappa shape index (κ3) is 1.49. The maximum atomic E-state index is 2.77. The number of nitrogens with zero attached hydrogens (tertiary/aromatic N) is 2. The Morgan fingerprint density at radius 1 is 0.929 bits per heavy atom. The first-order valence-electron chi connectivity index (χ1n) is 6.31. The molecule has 3 aliphatic rings. The zero-order valence-electron chi connectivity index (χ0n) is 9.28. The first-order chi connectivity index (χ1) is 6.83. The van der Waals surface area contributed by atoms with Crippen LogP contribution in [0.5, 0.6) is 0 Å². The van der Waals surface area contributed by atoms with Crippen LogP contribution in [0, 0.1) is 5.92 Å². The smallest absolute Gasteiger partial charge is 0.0224 e. The predicted molar refractivity (Wildman–Crippen MR) is 58.4 cm³/mol. The van der Waals surface area contributed by atoms with Gasteiger partial charge in [0, 0.05) is 31.7 Å². The van der Waals surface area contributed by atoms with Crippen molar-refractivity contribution in [1.82, 2.24) is 9.80 Å². The Balaban J connectivity index is 1.57. The van der Waals surface area contributed by atoms with Gasteiger partial charge in [-0.3, -0.25) is 9.80 Å². The molecule has 3 fully saturated rings. The zero-order chi connectivity index (χ0) is 9.54. The molecule has 0 aromatic rings. The third-order valence-electron chi connectivity index (χ3n) is 4.48. The Morgan fingerprint density at radius 3 is 2.50 bits per heavy atom. The number of fused-ring (bicyclic) bond motifs is 1. The second-order valence-electron chi connectivity index (χ2n) is 5.56. The van der Waals surface area contributed by atoms with Crippen molar-refractivity contribution in [2.45, 2.75) is 44.7 Å². The molecule has 2 heterocycles. The molecule has 2 heteroatoms. The van der Waals surface area contributed by atoms with Crippen LogP contribution in [0.25, 0.3) is 0 Å². The van der Waals surface area contributed by atoms with E-state index in [1.165, 1.54) is 51.9 Å². The van der Waals surface area contributed by atoms with Gasteiger partial charge in [0.25, 0.3) is 0 Å². The summed E-state index contributed by atoms with van der Waals surface area (Å²) in [6, 6.07) is 1.87. The van der Waals surface area contributed by atoms with Crippen molar-refractivity contribution in [3.8, 4) is 0 Å². The van der Waals surface area contributed by atoms with Gasteiger partial charge in [-0.15, -0.1) is 0 Å². The topological polar surface area (TPSA) is 6.48 Å². The van der Waals surface area contributed by atoms with Crippen molar-refractivity contribution in [3.05, 3.63) is 0 Å². The minimum Gasteiger partial charge on any atom is -0.298 e. The van der Waals surface area contributed by atoms with E-state index in [1.54, 1.807) is 0 Å². The van der Waals surface area contributed by atoms with Crippen LogP contribution in [-0.2, 0) is 0 Å². The standard InChI is InChI=1S/C12H22N2/c1-10-7-12(8-10)14-6-5-13-4-2-3-11(13)9-14/h10-12H,2-9H2,1H3. The summed E-state index contributed by atoms with van der Waals surface area (Å²) in [6.45, 7) is 7.82. The van der Waals surface area contributed by atoms with Crippen molar-refractivity contribution < 1.29 is 0 Å². The fourth-order valence-corrected chi connectivity index (χ4v) is 3.50. The summed E-state index contributed by atoms with van der Waals surface area (Å²) in [5.41, 5.74) is 0. The van der Waals surface area contributed by atoms with Gasteiger partial charge in [-0.25, -0.2) is 0 Å². The molecule has 0 aromatic carbocycles. The number of hydrogen-bond donors (Lipinski definition) is 0. The first-order valence-corrected chi connectivity index (χ1v) is 6.31. The minimum atomic E-state index is 0.916. The van der Waals surface area contributed by atoms with Gasteiger partial charge >= 0.3 is 0 Å². The van der Waals surface area contributed by atoms with Gasteiger partial charge in [-0.05, 0) is 38.1 Å². The summed E-state index contributed by atoms with van der Waals surface area (Å²) < 4.78 is 0. The Kier molecular flexibility index (Phi) is 2.29. The maximum absolute atomic E-state index is 2.77. The van der Waals surface area contributed by atoms with E-state index in [9.17, 15) is 0 Å². The van der Waals surface area contributed by atoms with Crippen molar-refractivity contribution >= 4 is 0 Å². The SMILES string of the molecule is CC1CC(N2CCN3CCCC3C2)C1. The molecule has 1 saturated carbocycles. The Morgan fingerprint density at radius 2 is 1.71 bits per heavy atom. The van der Waals surface area contributed by atoms with E-state index >= 15 is 0 Å². The summed E-state index contributed by atoms with van der Waals surface area (Å²) in [7, 11) is 0. The second-order valence-corrected chi connectivity index (χ2v) is 5.56. The van der Waals surface area contributed by atoms with E-state index in [4.69, 9.17) is 0 Å². The number of piperazine rings is 1. The number of hydrogen-bond acceptors (Lipinski definition) is 2. The second kappa shape index (κ2) is 3.49. The monoisotopic (exact) mass is 194 g/mol. The van der Waals surface area contributed by atoms with Crippen molar-refractivity contribution in [1.29, 1.82) is 0 Å². The predicted octanol–water partition coefficient (Wildman–Crippen LogP) is 1.56. The summed E-state index contributed by atoms with van der Waals surface area (Å²) >= 11 is 0. The van der Waals surface area contributed by atoms with Crippen molar-refractivity contribution in [3.63, 3.8) is 0 Å². The molecule has 1 unspecified atom stereocenters. The van der Waals surface area contributed by atoms with Crippen molar-refractivity contribution in [2.24, 2.45) is 5.92 Å². The van der Waals surface area contributed by atoms with Crippen LogP contribution in [-0.4, -0.2) is 48.1 Å². The molecule has 0 amide bonds. The lowest BCUT2D eigenvalue weighted by Crippen LogP contribution is -2.56. The lowest BCUT2D eigenvalue weighted by Gasteiger charge is -2.47. The van der Waals surface area contributed by atoms with Crippen LogP contribution in [0.4, 0.5) is 0 Å². The van der Waals surface area contributed by atoms with Gasteiger partial charge in [0.05, 0.1) is 0 Å². The van der Waals surface area contributed by atoms with Crippen molar-refractivity contribution in [2.75, 3.05) is 26.2 Å². The lowest BCUT2D eigenvalue weighted by atomic mass is 9.80. The molecule has 2 nitrogen and oxygen atoms in total. The third-order valence-corrected chi connectivity index (χ3v) is 4.48. The fourth-order valence-electron chi connectivity index (χ4n) is 3.50. The maximum Gasteiger partial charge on any atom is 0.0224 e. The molecule has 1 aliphatic carbocycles. The molecule has 80 valence electrons. The Labute approximate surface area is 87.3 Å². The summed E-state index contributed by atoms with van der Waals surface area (Å²) in [4.78, 5) is 5.48. The molecular weight excluding hydrogens is 172 g/mol. The first kappa shape index (κ1) is 9.17. The number of rotatable bonds is 1. The Hall–Kier alpha value is -0.0800. The van der Waals surface area contributed by atoms with E-state index in [0.29, 0.717) is 0 Å². The van der Waals surface area contributed by atoms with Gasteiger partial charge in [0.15, 0.2) is 0 Å². The molecule has 3 rings (SSSR count). The molecule has 0 spiro atoms. The van der Waals surface area contributed by atoms with E-state index in [-0.39, 0.29) is 0 Å². The highest BCUT2D eigenvalue weighted by Crippen LogP contribution is 2.33. The molecule has 0 bridgehead atoms. The van der Waals surface area contributed by atoms with Gasteiger partial charge in [0.2, 0.25) is 0 Å². The van der Waals surface area contributed by atoms with Crippen LogP contribution >= 0.6 is 0 Å².